The lowest BCUT2D eigenvalue weighted by atomic mass is 9.78. The van der Waals surface area contributed by atoms with Gasteiger partial charge in [0.25, 0.3) is 0 Å². The second kappa shape index (κ2) is 6.54. The molecule has 0 aliphatic carbocycles. The zero-order valence-electron chi connectivity index (χ0n) is 16.8. The number of hydrogen-bond acceptors (Lipinski definition) is 3. The topological polar surface area (TPSA) is 21.7 Å². The number of hydrogen-bond donors (Lipinski definition) is 0. The van der Waals surface area contributed by atoms with Gasteiger partial charge in [0.1, 0.15) is 0 Å². The molecule has 2 aromatic rings. The highest BCUT2D eigenvalue weighted by Crippen LogP contribution is 2.39. The third kappa shape index (κ3) is 3.18. The normalized spacial score (nSPS) is 20.2. The van der Waals surface area contributed by atoms with Gasteiger partial charge in [-0.2, -0.15) is 0 Å². The lowest BCUT2D eigenvalue weighted by Crippen LogP contribution is -2.41. The fraction of sp³-hybridized carbons (Fsp3) is 0.455. The van der Waals surface area contributed by atoms with Crippen LogP contribution in [0.3, 0.4) is 0 Å². The molecule has 2 heterocycles. The molecule has 0 atom stereocenters. The molecule has 2 aromatic carbocycles. The first-order valence-corrected chi connectivity index (χ1v) is 10.1. The molecule has 142 valence electrons. The van der Waals surface area contributed by atoms with E-state index in [2.05, 4.69) is 69.9 Å². The minimum Gasteiger partial charge on any atom is -0.399 e. The lowest BCUT2D eigenvalue weighted by molar-refractivity contribution is 0.00578. The number of nitrogens with zero attached hydrogens (tertiary/aromatic N) is 1. The number of rotatable bonds is 2. The molecule has 0 saturated carbocycles. The zero-order valence-corrected chi connectivity index (χ0v) is 17.6. The average Bonchev–Trinajstić information content (AvgIpc) is 2.75. The van der Waals surface area contributed by atoms with Gasteiger partial charge in [0.2, 0.25) is 0 Å². The molecular formula is C22H27BClNO2. The summed E-state index contributed by atoms with van der Waals surface area (Å²) in [6.45, 7) is 11.5. The van der Waals surface area contributed by atoms with E-state index < -0.39 is 0 Å². The molecule has 2 aliphatic heterocycles. The number of aryl methyl sites for hydroxylation is 2. The van der Waals surface area contributed by atoms with Crippen molar-refractivity contribution in [3.05, 3.63) is 52.5 Å². The van der Waals surface area contributed by atoms with Crippen molar-refractivity contribution in [2.75, 3.05) is 11.4 Å². The predicted octanol–water partition coefficient (Wildman–Crippen LogP) is 4.90. The highest BCUT2D eigenvalue weighted by atomic mass is 35.5. The van der Waals surface area contributed by atoms with Gasteiger partial charge in [-0.3, -0.25) is 0 Å². The quantitative estimate of drug-likeness (QED) is 0.689. The number of halogens is 1. The zero-order chi connectivity index (χ0) is 19.4. The van der Waals surface area contributed by atoms with Gasteiger partial charge in [0.15, 0.2) is 0 Å². The van der Waals surface area contributed by atoms with Gasteiger partial charge < -0.3 is 14.2 Å². The number of benzene rings is 2. The summed E-state index contributed by atoms with van der Waals surface area (Å²) in [5.41, 5.74) is 5.59. The molecule has 0 aromatic heterocycles. The van der Waals surface area contributed by atoms with Crippen LogP contribution >= 0.6 is 11.6 Å². The fourth-order valence-electron chi connectivity index (χ4n) is 3.95. The van der Waals surface area contributed by atoms with Gasteiger partial charge in [-0.05, 0) is 88.3 Å². The van der Waals surface area contributed by atoms with E-state index in [1.54, 1.807) is 0 Å². The van der Waals surface area contributed by atoms with Crippen LogP contribution in [0.1, 0.15) is 45.7 Å². The molecule has 0 unspecified atom stereocenters. The monoisotopic (exact) mass is 383 g/mol. The van der Waals surface area contributed by atoms with Crippen molar-refractivity contribution in [3.63, 3.8) is 0 Å². The Morgan fingerprint density at radius 3 is 2.07 bits per heavy atom. The molecule has 2 aliphatic rings. The highest BCUT2D eigenvalue weighted by Gasteiger charge is 2.51. The summed E-state index contributed by atoms with van der Waals surface area (Å²) >= 11 is 6.25. The van der Waals surface area contributed by atoms with E-state index in [0.717, 1.165) is 29.9 Å². The van der Waals surface area contributed by atoms with Gasteiger partial charge >= 0.3 is 7.12 Å². The van der Waals surface area contributed by atoms with Crippen LogP contribution in [0.25, 0.3) is 0 Å². The Hall–Kier alpha value is -1.49. The van der Waals surface area contributed by atoms with Crippen LogP contribution in [-0.2, 0) is 22.2 Å². The van der Waals surface area contributed by atoms with E-state index in [9.17, 15) is 0 Å². The summed E-state index contributed by atoms with van der Waals surface area (Å²) < 4.78 is 12.5. The summed E-state index contributed by atoms with van der Waals surface area (Å²) in [5.74, 6) is 0. The molecule has 0 amide bonds. The SMILES string of the molecule is CCN1c2ccc(Cl)cc2CCc2cc(B3OC(C)(C)C(C)(C)O3)ccc21. The summed E-state index contributed by atoms with van der Waals surface area (Å²) in [5, 5.41) is 0.800. The van der Waals surface area contributed by atoms with Crippen LogP contribution in [0.5, 0.6) is 0 Å². The van der Waals surface area contributed by atoms with E-state index in [-0.39, 0.29) is 18.3 Å². The van der Waals surface area contributed by atoms with Crippen molar-refractivity contribution in [3.8, 4) is 0 Å². The second-order valence-corrected chi connectivity index (χ2v) is 8.93. The first kappa shape index (κ1) is 18.9. The molecule has 0 radical (unpaired) electrons. The first-order chi connectivity index (χ1) is 12.7. The predicted molar refractivity (Wildman–Crippen MR) is 114 cm³/mol. The molecule has 1 saturated heterocycles. The minimum atomic E-state index is -0.326. The van der Waals surface area contributed by atoms with E-state index in [4.69, 9.17) is 20.9 Å². The number of fused-ring (bicyclic) bond motifs is 2. The summed E-state index contributed by atoms with van der Waals surface area (Å²) in [4.78, 5) is 2.38. The second-order valence-electron chi connectivity index (χ2n) is 8.49. The Balaban J connectivity index is 1.71. The Labute approximate surface area is 167 Å². The smallest absolute Gasteiger partial charge is 0.399 e. The Kier molecular flexibility index (Phi) is 4.57. The van der Waals surface area contributed by atoms with E-state index in [1.165, 1.54) is 22.5 Å². The van der Waals surface area contributed by atoms with Crippen LogP contribution in [0.4, 0.5) is 11.4 Å². The molecule has 1 fully saturated rings. The molecule has 0 N–H and O–H groups in total. The summed E-state index contributed by atoms with van der Waals surface area (Å²) in [6.07, 6.45) is 1.96. The van der Waals surface area contributed by atoms with E-state index in [1.807, 2.05) is 6.07 Å². The fourth-order valence-corrected chi connectivity index (χ4v) is 4.15. The van der Waals surface area contributed by atoms with Crippen LogP contribution in [0.2, 0.25) is 5.02 Å². The Morgan fingerprint density at radius 1 is 0.926 bits per heavy atom. The first-order valence-electron chi connectivity index (χ1n) is 9.76. The Morgan fingerprint density at radius 2 is 1.48 bits per heavy atom. The molecule has 4 rings (SSSR count). The van der Waals surface area contributed by atoms with Crippen molar-refractivity contribution in [1.82, 2.24) is 0 Å². The van der Waals surface area contributed by atoms with Crippen molar-refractivity contribution in [1.29, 1.82) is 0 Å². The summed E-state index contributed by atoms with van der Waals surface area (Å²) in [7, 11) is -0.324. The van der Waals surface area contributed by atoms with Gasteiger partial charge in [0.05, 0.1) is 11.2 Å². The van der Waals surface area contributed by atoms with Crippen LogP contribution in [0, 0.1) is 0 Å². The van der Waals surface area contributed by atoms with Gasteiger partial charge in [0, 0.05) is 22.9 Å². The van der Waals surface area contributed by atoms with Gasteiger partial charge in [-0.25, -0.2) is 0 Å². The highest BCUT2D eigenvalue weighted by molar-refractivity contribution is 6.62. The van der Waals surface area contributed by atoms with Crippen molar-refractivity contribution in [2.45, 2.75) is 58.7 Å². The van der Waals surface area contributed by atoms with Gasteiger partial charge in [-0.15, -0.1) is 0 Å². The molecule has 5 heteroatoms. The van der Waals surface area contributed by atoms with Crippen LogP contribution in [-0.4, -0.2) is 24.9 Å². The average molecular weight is 384 g/mol. The van der Waals surface area contributed by atoms with Crippen molar-refractivity contribution < 1.29 is 9.31 Å². The van der Waals surface area contributed by atoms with Crippen molar-refractivity contribution >= 4 is 35.6 Å². The maximum atomic E-state index is 6.25. The molecule has 0 bridgehead atoms. The maximum absolute atomic E-state index is 6.25. The van der Waals surface area contributed by atoms with Gasteiger partial charge in [-0.1, -0.05) is 23.7 Å². The van der Waals surface area contributed by atoms with Crippen LogP contribution < -0.4 is 10.4 Å². The minimum absolute atomic E-state index is 0.324. The van der Waals surface area contributed by atoms with Crippen molar-refractivity contribution in [2.24, 2.45) is 0 Å². The van der Waals surface area contributed by atoms with E-state index >= 15 is 0 Å². The van der Waals surface area contributed by atoms with E-state index in [0.29, 0.717) is 0 Å². The molecule has 3 nitrogen and oxygen atoms in total. The standard InChI is InChI=1S/C22H27BClNO2/c1-6-25-19-11-9-17(23-26-21(2,3)22(4,5)27-23)13-15(19)7-8-16-14-18(24)10-12-20(16)25/h9-14H,6-8H2,1-5H3. The van der Waals surface area contributed by atoms with Crippen LogP contribution in [0.15, 0.2) is 36.4 Å². The maximum Gasteiger partial charge on any atom is 0.494 e. The molecule has 0 spiro atoms. The number of anilines is 2. The third-order valence-corrected chi connectivity index (χ3v) is 6.47. The largest absolute Gasteiger partial charge is 0.494 e. The lowest BCUT2D eigenvalue weighted by Gasteiger charge is -2.32. The summed E-state index contributed by atoms with van der Waals surface area (Å²) in [6, 6.07) is 12.8. The third-order valence-electron chi connectivity index (χ3n) is 6.23. The Bertz CT molecular complexity index is 865. The molecule has 27 heavy (non-hydrogen) atoms. The molecular weight excluding hydrogens is 357 g/mol.